The first kappa shape index (κ1) is 33.8. The second kappa shape index (κ2) is 18.1. The summed E-state index contributed by atoms with van der Waals surface area (Å²) in [5.41, 5.74) is 27.8. The molecule has 1 heterocycles. The van der Waals surface area contributed by atoms with Crippen LogP contribution in [-0.4, -0.2) is 87.9 Å². The molecule has 0 aliphatic rings. The second-order valence-electron chi connectivity index (χ2n) is 9.15. The van der Waals surface area contributed by atoms with Gasteiger partial charge < -0.3 is 54.7 Å². The van der Waals surface area contributed by atoms with Crippen LogP contribution in [0, 0.1) is 0 Å². The number of hydrogen-bond acceptors (Lipinski definition) is 9. The maximum atomic E-state index is 13.2. The number of carboxylic acid groups (broad SMARTS) is 1. The molecule has 1 aromatic heterocycles. The smallest absolute Gasteiger partial charge is 0.326 e. The Morgan fingerprint density at radius 1 is 0.900 bits per heavy atom. The molecule has 4 unspecified atom stereocenters. The number of nitrogens with two attached hydrogens (primary N) is 5. The van der Waals surface area contributed by atoms with Gasteiger partial charge in [0.2, 0.25) is 23.6 Å². The monoisotopic (exact) mass is 567 g/mol. The van der Waals surface area contributed by atoms with Crippen LogP contribution in [0.1, 0.15) is 50.6 Å². The molecule has 17 nitrogen and oxygen atoms in total. The van der Waals surface area contributed by atoms with Gasteiger partial charge in [0.25, 0.3) is 0 Å². The van der Waals surface area contributed by atoms with Crippen molar-refractivity contribution in [1.29, 1.82) is 0 Å². The third-order valence-corrected chi connectivity index (χ3v) is 5.79. The van der Waals surface area contributed by atoms with Crippen molar-refractivity contribution in [2.75, 3.05) is 13.1 Å². The number of carboxylic acids is 1. The summed E-state index contributed by atoms with van der Waals surface area (Å²) in [5.74, 6) is -4.38. The van der Waals surface area contributed by atoms with E-state index in [4.69, 9.17) is 28.7 Å². The average molecular weight is 568 g/mol. The Morgan fingerprint density at radius 2 is 1.52 bits per heavy atom. The van der Waals surface area contributed by atoms with E-state index < -0.39 is 53.8 Å². The van der Waals surface area contributed by atoms with Gasteiger partial charge in [-0.15, -0.1) is 0 Å². The fourth-order valence-electron chi connectivity index (χ4n) is 3.61. The number of carbonyl (C=O) groups excluding carboxylic acids is 4. The molecule has 4 amide bonds. The summed E-state index contributed by atoms with van der Waals surface area (Å²) in [6.45, 7) is 0.619. The molecule has 0 radical (unpaired) electrons. The first-order valence-corrected chi connectivity index (χ1v) is 12.8. The molecular formula is C23H41N11O6. The Labute approximate surface area is 231 Å². The predicted molar refractivity (Wildman–Crippen MR) is 145 cm³/mol. The van der Waals surface area contributed by atoms with E-state index in [2.05, 4.69) is 30.9 Å². The van der Waals surface area contributed by atoms with Gasteiger partial charge in [-0.3, -0.25) is 24.2 Å². The van der Waals surface area contributed by atoms with E-state index in [1.54, 1.807) is 0 Å². The van der Waals surface area contributed by atoms with Gasteiger partial charge in [0.15, 0.2) is 5.96 Å². The molecule has 15 N–H and O–H groups in total. The highest BCUT2D eigenvalue weighted by Crippen LogP contribution is 2.07. The van der Waals surface area contributed by atoms with Crippen LogP contribution < -0.4 is 44.6 Å². The number of carbonyl (C=O) groups is 5. The van der Waals surface area contributed by atoms with Crippen LogP contribution in [0.4, 0.5) is 0 Å². The predicted octanol–water partition coefficient (Wildman–Crippen LogP) is -3.73. The number of primary amides is 1. The highest BCUT2D eigenvalue weighted by Gasteiger charge is 2.30. The van der Waals surface area contributed by atoms with Gasteiger partial charge in [-0.05, 0) is 38.6 Å². The van der Waals surface area contributed by atoms with E-state index in [1.165, 1.54) is 12.5 Å². The van der Waals surface area contributed by atoms with Gasteiger partial charge in [-0.25, -0.2) is 9.78 Å². The molecule has 0 aromatic carbocycles. The lowest BCUT2D eigenvalue weighted by Gasteiger charge is -2.25. The Morgan fingerprint density at radius 3 is 2.08 bits per heavy atom. The summed E-state index contributed by atoms with van der Waals surface area (Å²) < 4.78 is 0. The maximum absolute atomic E-state index is 13.2. The molecule has 17 heteroatoms. The number of aromatic amines is 1. The van der Waals surface area contributed by atoms with Crippen LogP contribution in [0.5, 0.6) is 0 Å². The number of aromatic nitrogens is 2. The van der Waals surface area contributed by atoms with E-state index in [-0.39, 0.29) is 38.2 Å². The van der Waals surface area contributed by atoms with Crippen molar-refractivity contribution in [2.24, 2.45) is 33.7 Å². The van der Waals surface area contributed by atoms with Crippen LogP contribution in [0.3, 0.4) is 0 Å². The summed E-state index contributed by atoms with van der Waals surface area (Å²) in [7, 11) is 0. The first-order chi connectivity index (χ1) is 18.9. The molecule has 1 rings (SSSR count). The van der Waals surface area contributed by atoms with E-state index in [9.17, 15) is 29.1 Å². The number of aliphatic imine (C=N–C) groups is 1. The standard InChI is InChI=1S/C23H41N11O6/c24-8-2-1-4-14(25)19(36)32-15(5-3-9-30-23(27)28)20(37)33-16(6-7-18(26)35)21(38)34-17(22(39)40)10-13-11-29-12-31-13/h11-12,14-17H,1-10,24-25H2,(H2,26,35)(H,29,31)(H,32,36)(H,33,37)(H,34,38)(H,39,40)(H4,27,28,30). The molecule has 0 bridgehead atoms. The van der Waals surface area contributed by atoms with Crippen molar-refractivity contribution in [3.8, 4) is 0 Å². The third-order valence-electron chi connectivity index (χ3n) is 5.79. The minimum absolute atomic E-state index is 0.0889. The van der Waals surface area contributed by atoms with Gasteiger partial charge in [0.05, 0.1) is 12.4 Å². The summed E-state index contributed by atoms with van der Waals surface area (Å²) >= 11 is 0. The second-order valence-corrected chi connectivity index (χ2v) is 9.15. The van der Waals surface area contributed by atoms with Crippen LogP contribution in [0.25, 0.3) is 0 Å². The summed E-state index contributed by atoms with van der Waals surface area (Å²) in [4.78, 5) is 72.5. The molecule has 224 valence electrons. The molecule has 0 aliphatic carbocycles. The molecule has 0 saturated carbocycles. The number of guanidine groups is 1. The van der Waals surface area contributed by atoms with Crippen LogP contribution in [0.2, 0.25) is 0 Å². The number of aliphatic carboxylic acids is 1. The molecule has 0 saturated heterocycles. The molecule has 0 fully saturated rings. The average Bonchev–Trinajstić information content (AvgIpc) is 3.40. The van der Waals surface area contributed by atoms with Crippen LogP contribution in [-0.2, 0) is 30.4 Å². The van der Waals surface area contributed by atoms with Gasteiger partial charge in [0.1, 0.15) is 18.1 Å². The van der Waals surface area contributed by atoms with Crippen molar-refractivity contribution >= 4 is 35.6 Å². The van der Waals surface area contributed by atoms with E-state index in [0.717, 1.165) is 0 Å². The highest BCUT2D eigenvalue weighted by molar-refractivity contribution is 5.94. The zero-order chi connectivity index (χ0) is 30.1. The number of H-pyrrole nitrogens is 1. The lowest BCUT2D eigenvalue weighted by atomic mass is 10.0. The van der Waals surface area contributed by atoms with E-state index in [0.29, 0.717) is 37.9 Å². The highest BCUT2D eigenvalue weighted by atomic mass is 16.4. The SMILES string of the molecule is NCCCCC(N)C(=O)NC(CCCN=C(N)N)C(=O)NC(CCC(N)=O)C(=O)NC(Cc1cnc[nH]1)C(=O)O. The maximum Gasteiger partial charge on any atom is 0.326 e. The fourth-order valence-corrected chi connectivity index (χ4v) is 3.61. The summed E-state index contributed by atoms with van der Waals surface area (Å²) in [6, 6.07) is -4.72. The van der Waals surface area contributed by atoms with Gasteiger partial charge in [-0.2, -0.15) is 0 Å². The Bertz CT molecular complexity index is 997. The number of hydrogen-bond donors (Lipinski definition) is 10. The topological polar surface area (TPSA) is 313 Å². The van der Waals surface area contributed by atoms with Crippen molar-refractivity contribution in [2.45, 2.75) is 75.5 Å². The molecule has 0 spiro atoms. The zero-order valence-corrected chi connectivity index (χ0v) is 22.3. The van der Waals surface area contributed by atoms with Gasteiger partial charge in [-0.1, -0.05) is 6.42 Å². The number of rotatable bonds is 20. The first-order valence-electron chi connectivity index (χ1n) is 12.8. The van der Waals surface area contributed by atoms with E-state index >= 15 is 0 Å². The van der Waals surface area contributed by atoms with Crippen molar-refractivity contribution in [3.63, 3.8) is 0 Å². The largest absolute Gasteiger partial charge is 0.480 e. The quantitative estimate of drug-likeness (QED) is 0.0414. The zero-order valence-electron chi connectivity index (χ0n) is 22.3. The van der Waals surface area contributed by atoms with Crippen LogP contribution in [0.15, 0.2) is 17.5 Å². The molecule has 4 atom stereocenters. The lowest BCUT2D eigenvalue weighted by molar-refractivity contribution is -0.142. The molecule has 1 aromatic rings. The molecule has 40 heavy (non-hydrogen) atoms. The number of amides is 4. The summed E-state index contributed by atoms with van der Waals surface area (Å²) in [5, 5.41) is 17.0. The minimum Gasteiger partial charge on any atom is -0.480 e. The van der Waals surface area contributed by atoms with Crippen molar-refractivity contribution in [1.82, 2.24) is 25.9 Å². The van der Waals surface area contributed by atoms with Crippen molar-refractivity contribution < 1.29 is 29.1 Å². The normalized spacial score (nSPS) is 13.8. The van der Waals surface area contributed by atoms with Gasteiger partial charge >= 0.3 is 5.97 Å². The number of imidazole rings is 1. The summed E-state index contributed by atoms with van der Waals surface area (Å²) in [6.07, 6.45) is 4.20. The van der Waals surface area contributed by atoms with Gasteiger partial charge in [0, 0.05) is 31.3 Å². The molecule has 0 aliphatic heterocycles. The number of nitrogens with one attached hydrogen (secondary N) is 4. The van der Waals surface area contributed by atoms with Crippen molar-refractivity contribution in [3.05, 3.63) is 18.2 Å². The minimum atomic E-state index is -1.36. The molecular weight excluding hydrogens is 526 g/mol. The Balaban J connectivity index is 3.03. The Kier molecular flexibility index (Phi) is 15.3. The fraction of sp³-hybridized carbons (Fsp3) is 0.609. The van der Waals surface area contributed by atoms with E-state index in [1.807, 2.05) is 0 Å². The number of unbranched alkanes of at least 4 members (excludes halogenated alkanes) is 1. The Hall–Kier alpha value is -4.25. The third kappa shape index (κ3) is 13.5. The van der Waals surface area contributed by atoms with Crippen LogP contribution >= 0.6 is 0 Å². The number of nitrogens with zero attached hydrogens (tertiary/aromatic N) is 2. The lowest BCUT2D eigenvalue weighted by Crippen LogP contribution is -2.57.